The van der Waals surface area contributed by atoms with E-state index in [0.717, 1.165) is 12.8 Å². The molecule has 0 radical (unpaired) electrons. The molecule has 0 amide bonds. The molecule has 0 bridgehead atoms. The van der Waals surface area contributed by atoms with Gasteiger partial charge in [-0.1, -0.05) is 32.0 Å². The molecule has 1 fully saturated rings. The quantitative estimate of drug-likeness (QED) is 0.398. The SMILES string of the molecule is CC(=O)C1(C#C[Si](C)(C)C)CCCCC1=O. The Morgan fingerprint density at radius 2 is 1.94 bits per heavy atom. The minimum atomic E-state index is -1.53. The van der Waals surface area contributed by atoms with Crippen LogP contribution in [-0.2, 0) is 9.59 Å². The number of hydrogen-bond acceptors (Lipinski definition) is 2. The molecule has 3 heteroatoms. The third-order valence-corrected chi connectivity index (χ3v) is 3.81. The largest absolute Gasteiger partial charge is 0.298 e. The fourth-order valence-electron chi connectivity index (χ4n) is 1.92. The van der Waals surface area contributed by atoms with E-state index in [2.05, 4.69) is 31.1 Å². The third-order valence-electron chi connectivity index (χ3n) is 2.93. The van der Waals surface area contributed by atoms with Crippen molar-refractivity contribution in [2.45, 2.75) is 52.2 Å². The Morgan fingerprint density at radius 1 is 1.31 bits per heavy atom. The molecule has 0 N–H and O–H groups in total. The van der Waals surface area contributed by atoms with Crippen molar-refractivity contribution in [2.75, 3.05) is 0 Å². The molecule has 1 unspecified atom stereocenters. The van der Waals surface area contributed by atoms with Gasteiger partial charge in [-0.15, -0.1) is 5.54 Å². The smallest absolute Gasteiger partial charge is 0.158 e. The highest BCUT2D eigenvalue weighted by Gasteiger charge is 2.42. The summed E-state index contributed by atoms with van der Waals surface area (Å²) in [4.78, 5) is 23.7. The molecule has 0 aromatic heterocycles. The Morgan fingerprint density at radius 3 is 2.38 bits per heavy atom. The molecule has 0 aromatic carbocycles. The highest BCUT2D eigenvalue weighted by molar-refractivity contribution is 6.83. The maximum Gasteiger partial charge on any atom is 0.158 e. The number of carbonyl (C=O) groups is 2. The molecule has 2 nitrogen and oxygen atoms in total. The summed E-state index contributed by atoms with van der Waals surface area (Å²) in [5.41, 5.74) is 2.23. The first-order valence-electron chi connectivity index (χ1n) is 5.87. The van der Waals surface area contributed by atoms with Crippen LogP contribution in [0.2, 0.25) is 19.6 Å². The van der Waals surface area contributed by atoms with E-state index < -0.39 is 13.5 Å². The first-order chi connectivity index (χ1) is 7.28. The molecular weight excluding hydrogens is 216 g/mol. The van der Waals surface area contributed by atoms with Crippen molar-refractivity contribution in [3.63, 3.8) is 0 Å². The molecule has 1 saturated carbocycles. The number of Topliss-reactive ketones (excluding diaryl/α,β-unsaturated/α-hetero) is 2. The summed E-state index contributed by atoms with van der Waals surface area (Å²) in [5.74, 6) is 3.01. The van der Waals surface area contributed by atoms with E-state index in [-0.39, 0.29) is 11.6 Å². The summed E-state index contributed by atoms with van der Waals surface area (Å²) in [6.45, 7) is 7.88. The second kappa shape index (κ2) is 4.55. The number of ketones is 2. The van der Waals surface area contributed by atoms with Gasteiger partial charge in [0.25, 0.3) is 0 Å². The van der Waals surface area contributed by atoms with Crippen molar-refractivity contribution in [3.05, 3.63) is 0 Å². The molecule has 1 rings (SSSR count). The van der Waals surface area contributed by atoms with E-state index in [1.54, 1.807) is 0 Å². The maximum atomic E-state index is 12.0. The van der Waals surface area contributed by atoms with E-state index in [1.807, 2.05) is 0 Å². The molecule has 16 heavy (non-hydrogen) atoms. The van der Waals surface area contributed by atoms with Gasteiger partial charge < -0.3 is 0 Å². The summed E-state index contributed by atoms with van der Waals surface area (Å²) >= 11 is 0. The number of rotatable bonds is 1. The van der Waals surface area contributed by atoms with Crippen LogP contribution in [0.5, 0.6) is 0 Å². The second-order valence-corrected chi connectivity index (χ2v) is 10.3. The first-order valence-corrected chi connectivity index (χ1v) is 9.37. The summed E-state index contributed by atoms with van der Waals surface area (Å²) < 4.78 is 0. The lowest BCUT2D eigenvalue weighted by Gasteiger charge is -2.28. The van der Waals surface area contributed by atoms with Crippen molar-refractivity contribution in [1.29, 1.82) is 0 Å². The van der Waals surface area contributed by atoms with Crippen molar-refractivity contribution in [2.24, 2.45) is 5.41 Å². The van der Waals surface area contributed by atoms with Gasteiger partial charge in [0, 0.05) is 6.42 Å². The molecule has 1 aliphatic rings. The summed E-state index contributed by atoms with van der Waals surface area (Å²) in [5, 5.41) is 0. The van der Waals surface area contributed by atoms with Crippen LogP contribution in [-0.4, -0.2) is 19.6 Å². The second-order valence-electron chi connectivity index (χ2n) is 5.59. The zero-order valence-corrected chi connectivity index (χ0v) is 11.6. The van der Waals surface area contributed by atoms with Crippen molar-refractivity contribution < 1.29 is 9.59 Å². The van der Waals surface area contributed by atoms with Gasteiger partial charge in [0.05, 0.1) is 0 Å². The van der Waals surface area contributed by atoms with Crippen LogP contribution in [0.1, 0.15) is 32.6 Å². The predicted molar refractivity (Wildman–Crippen MR) is 67.7 cm³/mol. The van der Waals surface area contributed by atoms with Crippen LogP contribution in [0.4, 0.5) is 0 Å². The third kappa shape index (κ3) is 2.82. The van der Waals surface area contributed by atoms with Crippen LogP contribution in [0.3, 0.4) is 0 Å². The summed E-state index contributed by atoms with van der Waals surface area (Å²) in [6.07, 6.45) is 2.98. The standard InChI is InChI=1S/C13H20O2Si/c1-11(14)13(9-10-16(2,3)4)8-6-5-7-12(13)15/h5-8H2,1-4H3. The molecule has 1 atom stereocenters. The number of hydrogen-bond donors (Lipinski definition) is 0. The highest BCUT2D eigenvalue weighted by Crippen LogP contribution is 2.33. The summed E-state index contributed by atoms with van der Waals surface area (Å²) in [7, 11) is -1.53. The minimum absolute atomic E-state index is 0.0389. The van der Waals surface area contributed by atoms with Gasteiger partial charge in [-0.05, 0) is 19.8 Å². The predicted octanol–water partition coefficient (Wildman–Crippen LogP) is 2.59. The first kappa shape index (κ1) is 13.2. The van der Waals surface area contributed by atoms with Crippen LogP contribution in [0.15, 0.2) is 0 Å². The van der Waals surface area contributed by atoms with Crippen molar-refractivity contribution in [3.8, 4) is 11.5 Å². The van der Waals surface area contributed by atoms with Crippen LogP contribution in [0, 0.1) is 16.9 Å². The maximum absolute atomic E-state index is 12.0. The molecule has 0 saturated heterocycles. The Bertz CT molecular complexity index is 368. The van der Waals surface area contributed by atoms with Gasteiger partial charge in [0.1, 0.15) is 13.5 Å². The van der Waals surface area contributed by atoms with Crippen molar-refractivity contribution >= 4 is 19.6 Å². The van der Waals surface area contributed by atoms with Gasteiger partial charge in [-0.2, -0.15) is 0 Å². The Labute approximate surface area is 98.8 Å². The lowest BCUT2D eigenvalue weighted by atomic mass is 9.71. The van der Waals surface area contributed by atoms with E-state index in [4.69, 9.17) is 0 Å². The van der Waals surface area contributed by atoms with Crippen LogP contribution < -0.4 is 0 Å². The topological polar surface area (TPSA) is 34.1 Å². The van der Waals surface area contributed by atoms with Crippen LogP contribution in [0.25, 0.3) is 0 Å². The molecule has 0 aromatic rings. The molecule has 0 heterocycles. The Kier molecular flexibility index (Phi) is 3.74. The molecule has 0 aliphatic heterocycles. The molecule has 88 valence electrons. The zero-order valence-electron chi connectivity index (χ0n) is 10.6. The lowest BCUT2D eigenvalue weighted by Crippen LogP contribution is -2.39. The molecule has 0 spiro atoms. The summed E-state index contributed by atoms with van der Waals surface area (Å²) in [6, 6.07) is 0. The van der Waals surface area contributed by atoms with Crippen molar-refractivity contribution in [1.82, 2.24) is 0 Å². The van der Waals surface area contributed by atoms with E-state index in [0.29, 0.717) is 12.8 Å². The zero-order chi connectivity index (χ0) is 12.4. The van der Waals surface area contributed by atoms with Gasteiger partial charge in [0.2, 0.25) is 0 Å². The van der Waals surface area contributed by atoms with E-state index in [1.165, 1.54) is 6.92 Å². The Balaban J connectivity index is 3.10. The van der Waals surface area contributed by atoms with Gasteiger partial charge in [-0.3, -0.25) is 9.59 Å². The average Bonchev–Trinajstić information content (AvgIpc) is 2.15. The van der Waals surface area contributed by atoms with E-state index >= 15 is 0 Å². The van der Waals surface area contributed by atoms with Gasteiger partial charge in [-0.25, -0.2) is 0 Å². The molecular formula is C13H20O2Si. The Hall–Kier alpha value is -0.883. The van der Waals surface area contributed by atoms with Gasteiger partial charge >= 0.3 is 0 Å². The number of carbonyl (C=O) groups excluding carboxylic acids is 2. The van der Waals surface area contributed by atoms with E-state index in [9.17, 15) is 9.59 Å². The van der Waals surface area contributed by atoms with Crippen LogP contribution >= 0.6 is 0 Å². The minimum Gasteiger partial charge on any atom is -0.298 e. The fraction of sp³-hybridized carbons (Fsp3) is 0.692. The average molecular weight is 236 g/mol. The fourth-order valence-corrected chi connectivity index (χ4v) is 2.50. The van der Waals surface area contributed by atoms with Gasteiger partial charge in [0.15, 0.2) is 11.6 Å². The monoisotopic (exact) mass is 236 g/mol. The molecule has 1 aliphatic carbocycles. The normalized spacial score (nSPS) is 25.9. The highest BCUT2D eigenvalue weighted by atomic mass is 28.3. The lowest BCUT2D eigenvalue weighted by molar-refractivity contribution is -0.137.